The van der Waals surface area contributed by atoms with Crippen LogP contribution < -0.4 is 5.32 Å². The maximum Gasteiger partial charge on any atom is 0.251 e. The Labute approximate surface area is 194 Å². The highest BCUT2D eigenvalue weighted by molar-refractivity contribution is 6.31. The van der Waals surface area contributed by atoms with Gasteiger partial charge in [0.2, 0.25) is 5.91 Å². The molecule has 6 heteroatoms. The molecule has 2 aromatic rings. The molecule has 1 saturated carbocycles. The van der Waals surface area contributed by atoms with E-state index in [2.05, 4.69) is 5.32 Å². The van der Waals surface area contributed by atoms with Crippen LogP contribution in [0, 0.1) is 5.92 Å². The lowest BCUT2D eigenvalue weighted by Gasteiger charge is -2.30. The third-order valence-electron chi connectivity index (χ3n) is 6.63. The third-order valence-corrected chi connectivity index (χ3v) is 6.98. The van der Waals surface area contributed by atoms with Crippen molar-refractivity contribution in [3.05, 3.63) is 70.2 Å². The number of halogens is 1. The van der Waals surface area contributed by atoms with Gasteiger partial charge in [0, 0.05) is 48.5 Å². The largest absolute Gasteiger partial charge is 0.352 e. The summed E-state index contributed by atoms with van der Waals surface area (Å²) < 4.78 is 0. The first-order valence-corrected chi connectivity index (χ1v) is 11.8. The quantitative estimate of drug-likeness (QED) is 0.684. The van der Waals surface area contributed by atoms with E-state index in [0.29, 0.717) is 42.2 Å². The van der Waals surface area contributed by atoms with Crippen molar-refractivity contribution in [2.24, 2.45) is 5.92 Å². The van der Waals surface area contributed by atoms with E-state index < -0.39 is 0 Å². The van der Waals surface area contributed by atoms with Crippen LogP contribution in [-0.4, -0.2) is 41.6 Å². The molecule has 1 aliphatic carbocycles. The number of likely N-dealkylation sites (tertiary alicyclic amines) is 1. The molecule has 5 nitrogen and oxygen atoms in total. The van der Waals surface area contributed by atoms with Gasteiger partial charge in [-0.3, -0.25) is 14.4 Å². The highest BCUT2D eigenvalue weighted by atomic mass is 35.5. The van der Waals surface area contributed by atoms with E-state index in [9.17, 15) is 14.4 Å². The van der Waals surface area contributed by atoms with Crippen LogP contribution in [0.2, 0.25) is 5.02 Å². The lowest BCUT2D eigenvalue weighted by Crippen LogP contribution is -2.40. The molecule has 1 aliphatic heterocycles. The molecule has 2 aromatic carbocycles. The van der Waals surface area contributed by atoms with E-state index in [1.54, 1.807) is 12.1 Å². The van der Waals surface area contributed by atoms with Crippen LogP contribution in [0.3, 0.4) is 0 Å². The van der Waals surface area contributed by atoms with E-state index in [1.165, 1.54) is 5.56 Å². The van der Waals surface area contributed by atoms with E-state index in [1.807, 2.05) is 41.3 Å². The smallest absolute Gasteiger partial charge is 0.251 e. The Bertz CT molecular complexity index is 982. The van der Waals surface area contributed by atoms with Crippen molar-refractivity contribution >= 4 is 29.2 Å². The monoisotopic (exact) mass is 452 g/mol. The summed E-state index contributed by atoms with van der Waals surface area (Å²) in [6, 6.07) is 15.6. The summed E-state index contributed by atoms with van der Waals surface area (Å²) >= 11 is 6.49. The van der Waals surface area contributed by atoms with Crippen molar-refractivity contribution in [1.82, 2.24) is 10.2 Å². The molecule has 0 bridgehead atoms. The van der Waals surface area contributed by atoms with Gasteiger partial charge in [0.05, 0.1) is 0 Å². The zero-order valence-electron chi connectivity index (χ0n) is 18.2. The molecule has 0 spiro atoms. The first-order valence-electron chi connectivity index (χ1n) is 11.4. The summed E-state index contributed by atoms with van der Waals surface area (Å²) in [5.41, 5.74) is 2.60. The van der Waals surface area contributed by atoms with Gasteiger partial charge in [-0.25, -0.2) is 0 Å². The number of amides is 2. The number of nitrogens with one attached hydrogen (secondary N) is 1. The van der Waals surface area contributed by atoms with Crippen LogP contribution in [0.25, 0.3) is 0 Å². The Morgan fingerprint density at radius 1 is 1.03 bits per heavy atom. The lowest BCUT2D eigenvalue weighted by molar-refractivity contribution is -0.135. The molecule has 2 amide bonds. The molecule has 32 heavy (non-hydrogen) atoms. The Morgan fingerprint density at radius 3 is 2.50 bits per heavy atom. The third kappa shape index (κ3) is 5.39. The van der Waals surface area contributed by atoms with Gasteiger partial charge in [-0.05, 0) is 55.4 Å². The first kappa shape index (κ1) is 22.5. The van der Waals surface area contributed by atoms with Crippen molar-refractivity contribution in [3.63, 3.8) is 0 Å². The van der Waals surface area contributed by atoms with E-state index >= 15 is 0 Å². The van der Waals surface area contributed by atoms with Gasteiger partial charge in [0.15, 0.2) is 0 Å². The molecule has 4 rings (SSSR count). The predicted octanol–water partition coefficient (Wildman–Crippen LogP) is 4.22. The van der Waals surface area contributed by atoms with Crippen molar-refractivity contribution in [2.45, 2.75) is 51.0 Å². The lowest BCUT2D eigenvalue weighted by atomic mass is 9.93. The van der Waals surface area contributed by atoms with Crippen LogP contribution in [-0.2, 0) is 22.4 Å². The van der Waals surface area contributed by atoms with Crippen LogP contribution >= 0.6 is 11.6 Å². The topological polar surface area (TPSA) is 66.5 Å². The highest BCUT2D eigenvalue weighted by Crippen LogP contribution is 2.31. The first-order chi connectivity index (χ1) is 15.5. The average Bonchev–Trinajstić information content (AvgIpc) is 3.16. The second-order valence-corrected chi connectivity index (χ2v) is 9.20. The van der Waals surface area contributed by atoms with Gasteiger partial charge in [-0.1, -0.05) is 48.0 Å². The number of benzene rings is 2. The minimum atomic E-state index is -0.149. The number of ketones is 1. The molecule has 2 aliphatic rings. The number of Topliss-reactive ketones (excluding diaryl/α,β-unsaturated/α-hetero) is 1. The molecule has 1 heterocycles. The van der Waals surface area contributed by atoms with Gasteiger partial charge in [0.1, 0.15) is 5.78 Å². The zero-order valence-corrected chi connectivity index (χ0v) is 18.9. The molecule has 0 aromatic heterocycles. The van der Waals surface area contributed by atoms with E-state index in [0.717, 1.165) is 37.8 Å². The Balaban J connectivity index is 1.31. The Morgan fingerprint density at radius 2 is 1.78 bits per heavy atom. The SMILES string of the molecule is O=C1CCC(N2CCC(Cc3ccc(C(=O)NCCc4ccccc4)cc3Cl)C2=O)CC1. The standard InChI is InChI=1S/C26H29ClN2O3/c27-24-17-20(25(31)28-14-12-18-4-2-1-3-5-18)7-6-19(24)16-21-13-15-29(26(21)32)22-8-10-23(30)11-9-22/h1-7,17,21-22H,8-16H2,(H,28,31). The van der Waals surface area contributed by atoms with Gasteiger partial charge in [-0.15, -0.1) is 0 Å². The predicted molar refractivity (Wildman–Crippen MR) is 125 cm³/mol. The molecule has 2 fully saturated rings. The van der Waals surface area contributed by atoms with Crippen molar-refractivity contribution in [1.29, 1.82) is 0 Å². The minimum absolute atomic E-state index is 0.0873. The van der Waals surface area contributed by atoms with Gasteiger partial charge in [-0.2, -0.15) is 0 Å². The number of carbonyl (C=O) groups is 3. The van der Waals surface area contributed by atoms with Gasteiger partial charge < -0.3 is 10.2 Å². The molecule has 1 unspecified atom stereocenters. The molecule has 168 valence electrons. The van der Waals surface area contributed by atoms with Gasteiger partial charge >= 0.3 is 0 Å². The number of hydrogen-bond acceptors (Lipinski definition) is 3. The van der Waals surface area contributed by atoms with Gasteiger partial charge in [0.25, 0.3) is 5.91 Å². The second-order valence-electron chi connectivity index (χ2n) is 8.79. The number of hydrogen-bond donors (Lipinski definition) is 1. The Kier molecular flexibility index (Phi) is 7.26. The number of carbonyl (C=O) groups excluding carboxylic acids is 3. The fourth-order valence-electron chi connectivity index (χ4n) is 4.74. The summed E-state index contributed by atoms with van der Waals surface area (Å²) in [6.45, 7) is 1.31. The summed E-state index contributed by atoms with van der Waals surface area (Å²) in [6.07, 6.45) is 4.89. The minimum Gasteiger partial charge on any atom is -0.352 e. The molecule has 1 atom stereocenters. The zero-order chi connectivity index (χ0) is 22.5. The fraction of sp³-hybridized carbons (Fsp3) is 0.423. The molecule has 1 saturated heterocycles. The van der Waals surface area contributed by atoms with E-state index in [4.69, 9.17) is 11.6 Å². The van der Waals surface area contributed by atoms with Crippen molar-refractivity contribution < 1.29 is 14.4 Å². The Hall–Kier alpha value is -2.66. The highest BCUT2D eigenvalue weighted by Gasteiger charge is 2.37. The van der Waals surface area contributed by atoms with Crippen LogP contribution in [0.1, 0.15) is 53.6 Å². The number of rotatable bonds is 7. The van der Waals surface area contributed by atoms with Crippen molar-refractivity contribution in [3.8, 4) is 0 Å². The summed E-state index contributed by atoms with van der Waals surface area (Å²) in [5.74, 6) is 0.239. The van der Waals surface area contributed by atoms with Crippen LogP contribution in [0.5, 0.6) is 0 Å². The number of nitrogens with zero attached hydrogens (tertiary/aromatic N) is 1. The molecular formula is C26H29ClN2O3. The van der Waals surface area contributed by atoms with Crippen LogP contribution in [0.15, 0.2) is 48.5 Å². The molecule has 0 radical (unpaired) electrons. The summed E-state index contributed by atoms with van der Waals surface area (Å²) in [5, 5.41) is 3.46. The maximum absolute atomic E-state index is 12.9. The van der Waals surface area contributed by atoms with Crippen LogP contribution in [0.4, 0.5) is 0 Å². The summed E-state index contributed by atoms with van der Waals surface area (Å²) in [7, 11) is 0. The van der Waals surface area contributed by atoms with E-state index in [-0.39, 0.29) is 23.8 Å². The average molecular weight is 453 g/mol. The second kappa shape index (κ2) is 10.3. The van der Waals surface area contributed by atoms with Crippen molar-refractivity contribution in [2.75, 3.05) is 13.1 Å². The normalized spacial score (nSPS) is 19.4. The fourth-order valence-corrected chi connectivity index (χ4v) is 5.00. The molecule has 1 N–H and O–H groups in total. The summed E-state index contributed by atoms with van der Waals surface area (Å²) in [4.78, 5) is 38.9. The molecular weight excluding hydrogens is 424 g/mol. The maximum atomic E-state index is 12.9.